The van der Waals surface area contributed by atoms with Crippen LogP contribution in [-0.2, 0) is 27.3 Å². The molecule has 0 fully saturated rings. The number of ether oxygens (including phenoxy) is 3. The molecule has 3 N–H and O–H groups in total. The van der Waals surface area contributed by atoms with Gasteiger partial charge in [0.15, 0.2) is 11.5 Å². The van der Waals surface area contributed by atoms with Crippen LogP contribution >= 0.6 is 11.6 Å². The monoisotopic (exact) mass is 754 g/mol. The normalized spacial score (nSPS) is 15.9. The number of anilines is 1. The predicted octanol–water partition coefficient (Wildman–Crippen LogP) is 8.14. The highest BCUT2D eigenvalue weighted by Crippen LogP contribution is 2.45. The SMILES string of the molecule is COc1c(OCCCNCCc2c[nH]c3ccccc23)cccc1[C@@H]1O[C@@H](CC(=O)NCc2ccccc2F)C(=O)N(CC(C)(C)C)c2ccc(Cl)cc21. The van der Waals surface area contributed by atoms with Gasteiger partial charge in [-0.05, 0) is 73.3 Å². The van der Waals surface area contributed by atoms with Gasteiger partial charge in [0.05, 0.1) is 20.1 Å². The number of amides is 2. The van der Waals surface area contributed by atoms with E-state index in [1.807, 2.05) is 51.1 Å². The lowest BCUT2D eigenvalue weighted by Crippen LogP contribution is -2.45. The summed E-state index contributed by atoms with van der Waals surface area (Å²) in [5, 5.41) is 7.99. The number of fused-ring (bicyclic) bond motifs is 2. The van der Waals surface area contributed by atoms with Crippen LogP contribution in [0.3, 0.4) is 0 Å². The highest BCUT2D eigenvalue weighted by Gasteiger charge is 2.40. The zero-order valence-corrected chi connectivity index (χ0v) is 32.0. The third-order valence-electron chi connectivity index (χ3n) is 9.34. The standard InChI is InChI=1S/C43H48ClFN4O5/c1-43(2,3)27-49-36-18-17-30(44)23-33(36)40(54-38(42(49)51)24-39(50)48-26-29-11-5-7-14-34(29)45)32-13-9-16-37(41(32)52-4)53-22-10-20-46-21-19-28-25-47-35-15-8-6-12-31(28)35/h5-9,11-18,23,25,38,40,46-47H,10,19-22,24,26-27H2,1-4H3,(H,48,50)/t38-,40-/m0/s1. The van der Waals surface area contributed by atoms with Gasteiger partial charge < -0.3 is 34.7 Å². The zero-order chi connectivity index (χ0) is 38.2. The van der Waals surface area contributed by atoms with Gasteiger partial charge in [-0.25, -0.2) is 4.39 Å². The summed E-state index contributed by atoms with van der Waals surface area (Å²) in [6, 6.07) is 25.5. The van der Waals surface area contributed by atoms with Crippen molar-refractivity contribution in [3.63, 3.8) is 0 Å². The first-order valence-corrected chi connectivity index (χ1v) is 18.7. The number of carbonyl (C=O) groups excluding carboxylic acids is 2. The Kier molecular flexibility index (Phi) is 12.6. The summed E-state index contributed by atoms with van der Waals surface area (Å²) >= 11 is 6.60. The lowest BCUT2D eigenvalue weighted by Gasteiger charge is -2.31. The number of methoxy groups -OCH3 is 1. The van der Waals surface area contributed by atoms with E-state index in [9.17, 15) is 14.0 Å². The van der Waals surface area contributed by atoms with Crippen molar-refractivity contribution in [1.82, 2.24) is 15.6 Å². The van der Waals surface area contributed by atoms with Crippen LogP contribution in [0.4, 0.5) is 10.1 Å². The molecule has 0 spiro atoms. The van der Waals surface area contributed by atoms with Gasteiger partial charge in [-0.15, -0.1) is 0 Å². The molecule has 9 nitrogen and oxygen atoms in total. The van der Waals surface area contributed by atoms with Crippen LogP contribution in [0.15, 0.2) is 91.1 Å². The van der Waals surface area contributed by atoms with Crippen molar-refractivity contribution in [1.29, 1.82) is 0 Å². The molecule has 1 aromatic heterocycles. The second-order valence-corrected chi connectivity index (χ2v) is 15.1. The Morgan fingerprint density at radius 2 is 1.78 bits per heavy atom. The molecule has 0 bridgehead atoms. The molecule has 6 rings (SSSR count). The van der Waals surface area contributed by atoms with Gasteiger partial charge in [0, 0.05) is 57.6 Å². The Morgan fingerprint density at radius 1 is 0.981 bits per heavy atom. The van der Waals surface area contributed by atoms with Crippen LogP contribution in [0.5, 0.6) is 11.5 Å². The quantitative estimate of drug-likeness (QED) is 0.0933. The summed E-state index contributed by atoms with van der Waals surface area (Å²) in [5.41, 5.74) is 4.39. The van der Waals surface area contributed by atoms with Gasteiger partial charge in [-0.3, -0.25) is 9.59 Å². The van der Waals surface area contributed by atoms with E-state index in [-0.39, 0.29) is 24.3 Å². The van der Waals surface area contributed by atoms with Crippen LogP contribution in [0, 0.1) is 11.2 Å². The minimum atomic E-state index is -1.17. The van der Waals surface area contributed by atoms with Crippen LogP contribution in [-0.4, -0.2) is 56.3 Å². The van der Waals surface area contributed by atoms with Crippen LogP contribution in [0.2, 0.25) is 5.02 Å². The lowest BCUT2D eigenvalue weighted by molar-refractivity contribution is -0.138. The van der Waals surface area contributed by atoms with Gasteiger partial charge in [-0.1, -0.05) is 80.9 Å². The van der Waals surface area contributed by atoms with Gasteiger partial charge in [0.25, 0.3) is 5.91 Å². The van der Waals surface area contributed by atoms with Crippen LogP contribution < -0.4 is 25.0 Å². The van der Waals surface area contributed by atoms with Crippen molar-refractivity contribution >= 4 is 40.0 Å². The summed E-state index contributed by atoms with van der Waals surface area (Å²) < 4.78 is 33.2. The van der Waals surface area contributed by atoms with E-state index in [1.165, 1.54) is 17.0 Å². The Balaban J connectivity index is 1.19. The molecule has 0 saturated heterocycles. The number of hydrogen-bond acceptors (Lipinski definition) is 6. The number of nitrogens with one attached hydrogen (secondary N) is 3. The number of hydrogen-bond donors (Lipinski definition) is 3. The second-order valence-electron chi connectivity index (χ2n) is 14.7. The molecule has 54 heavy (non-hydrogen) atoms. The molecule has 11 heteroatoms. The number of nitrogens with zero attached hydrogens (tertiary/aromatic N) is 1. The van der Waals surface area contributed by atoms with E-state index in [2.05, 4.69) is 40.0 Å². The second kappa shape index (κ2) is 17.5. The largest absolute Gasteiger partial charge is 0.492 e. The molecule has 2 heterocycles. The molecule has 0 unspecified atom stereocenters. The summed E-state index contributed by atoms with van der Waals surface area (Å²) in [7, 11) is 1.57. The first kappa shape index (κ1) is 38.8. The molecular formula is C43H48ClFN4O5. The Bertz CT molecular complexity index is 2080. The van der Waals surface area contributed by atoms with Crippen molar-refractivity contribution in [2.45, 2.75) is 58.8 Å². The van der Waals surface area contributed by atoms with Gasteiger partial charge in [-0.2, -0.15) is 0 Å². The highest BCUT2D eigenvalue weighted by molar-refractivity contribution is 6.30. The number of benzene rings is 4. The fourth-order valence-electron chi connectivity index (χ4n) is 6.80. The minimum Gasteiger partial charge on any atom is -0.492 e. The smallest absolute Gasteiger partial charge is 0.256 e. The predicted molar refractivity (Wildman–Crippen MR) is 211 cm³/mol. The third kappa shape index (κ3) is 9.42. The molecule has 1 aliphatic heterocycles. The molecule has 2 amide bonds. The van der Waals surface area contributed by atoms with Gasteiger partial charge in [0.1, 0.15) is 18.0 Å². The number of aromatic nitrogens is 1. The maximum Gasteiger partial charge on any atom is 0.256 e. The maximum absolute atomic E-state index is 14.4. The minimum absolute atomic E-state index is 0.0236. The van der Waals surface area contributed by atoms with Gasteiger partial charge >= 0.3 is 0 Å². The molecule has 1 aliphatic rings. The zero-order valence-electron chi connectivity index (χ0n) is 31.2. The number of carbonyl (C=O) groups is 2. The highest BCUT2D eigenvalue weighted by atomic mass is 35.5. The van der Waals surface area contributed by atoms with Crippen LogP contribution in [0.1, 0.15) is 62.0 Å². The molecular weight excluding hydrogens is 707 g/mol. The molecule has 0 radical (unpaired) electrons. The average Bonchev–Trinajstić information content (AvgIpc) is 3.53. The number of H-pyrrole nitrogens is 1. The van der Waals surface area contributed by atoms with E-state index in [0.29, 0.717) is 52.1 Å². The third-order valence-corrected chi connectivity index (χ3v) is 9.57. The van der Waals surface area contributed by atoms with E-state index < -0.39 is 23.9 Å². The summed E-state index contributed by atoms with van der Waals surface area (Å²) in [5.74, 6) is -0.243. The Labute approximate surface area is 321 Å². The van der Waals surface area contributed by atoms with Crippen molar-refractivity contribution < 1.29 is 28.2 Å². The van der Waals surface area contributed by atoms with E-state index >= 15 is 0 Å². The first-order valence-electron chi connectivity index (χ1n) is 18.3. The molecule has 0 aliphatic carbocycles. The fraction of sp³-hybridized carbons (Fsp3) is 0.349. The number of aromatic amines is 1. The molecule has 4 aromatic carbocycles. The molecule has 284 valence electrons. The van der Waals surface area contributed by atoms with Crippen molar-refractivity contribution in [2.75, 3.05) is 38.3 Å². The number of para-hydroxylation sites is 2. The maximum atomic E-state index is 14.4. The number of rotatable bonds is 15. The Morgan fingerprint density at radius 3 is 2.57 bits per heavy atom. The van der Waals surface area contributed by atoms with Crippen LogP contribution in [0.25, 0.3) is 10.9 Å². The summed E-state index contributed by atoms with van der Waals surface area (Å²) in [6.07, 6.45) is 1.45. The van der Waals surface area contributed by atoms with E-state index in [0.717, 1.165) is 31.4 Å². The average molecular weight is 755 g/mol. The molecule has 0 saturated carbocycles. The van der Waals surface area contributed by atoms with E-state index in [4.69, 9.17) is 25.8 Å². The van der Waals surface area contributed by atoms with Crippen molar-refractivity contribution in [3.05, 3.63) is 124 Å². The number of halogens is 2. The molecule has 2 atom stereocenters. The summed E-state index contributed by atoms with van der Waals surface area (Å²) in [6.45, 7) is 8.51. The lowest BCUT2D eigenvalue weighted by atomic mass is 9.94. The Hall–Kier alpha value is -4.90. The first-order chi connectivity index (χ1) is 26.0. The molecule has 5 aromatic rings. The van der Waals surface area contributed by atoms with Crippen molar-refractivity contribution in [3.8, 4) is 11.5 Å². The summed E-state index contributed by atoms with van der Waals surface area (Å²) in [4.78, 5) is 32.7. The van der Waals surface area contributed by atoms with Crippen molar-refractivity contribution in [2.24, 2.45) is 5.41 Å². The fourth-order valence-corrected chi connectivity index (χ4v) is 6.98. The van der Waals surface area contributed by atoms with Gasteiger partial charge in [0.2, 0.25) is 5.91 Å². The topological polar surface area (TPSA) is 105 Å². The van der Waals surface area contributed by atoms with E-state index in [1.54, 1.807) is 42.3 Å².